The number of nitrogens with one attached hydrogen (secondary N) is 2. The van der Waals surface area contributed by atoms with Gasteiger partial charge in [-0.3, -0.25) is 14.9 Å². The third-order valence-electron chi connectivity index (χ3n) is 3.06. The van der Waals surface area contributed by atoms with E-state index < -0.39 is 17.6 Å². The SMILES string of the molecule is COc1ccc2c(C3=C(O)C(=O)NC3=O)c[nH]c2c1. The van der Waals surface area contributed by atoms with Gasteiger partial charge in [-0.2, -0.15) is 0 Å². The molecule has 1 aromatic carbocycles. The summed E-state index contributed by atoms with van der Waals surface area (Å²) in [6, 6.07) is 5.27. The van der Waals surface area contributed by atoms with Gasteiger partial charge in [0.05, 0.1) is 12.7 Å². The lowest BCUT2D eigenvalue weighted by Crippen LogP contribution is -2.22. The first kappa shape index (κ1) is 11.3. The van der Waals surface area contributed by atoms with Crippen LogP contribution in [0.5, 0.6) is 5.75 Å². The van der Waals surface area contributed by atoms with Crippen molar-refractivity contribution in [2.24, 2.45) is 0 Å². The minimum absolute atomic E-state index is 0.0126. The van der Waals surface area contributed by atoms with Crippen molar-refractivity contribution in [3.63, 3.8) is 0 Å². The van der Waals surface area contributed by atoms with E-state index in [1.165, 1.54) is 0 Å². The number of hydrogen-bond donors (Lipinski definition) is 3. The number of hydrogen-bond acceptors (Lipinski definition) is 4. The molecule has 1 aliphatic rings. The summed E-state index contributed by atoms with van der Waals surface area (Å²) in [5.74, 6) is -1.25. The number of aromatic amines is 1. The Bertz CT molecular complexity index is 742. The van der Waals surface area contributed by atoms with E-state index >= 15 is 0 Å². The largest absolute Gasteiger partial charge is 0.502 e. The smallest absolute Gasteiger partial charge is 0.293 e. The third kappa shape index (κ3) is 1.57. The fourth-order valence-corrected chi connectivity index (χ4v) is 2.13. The fourth-order valence-electron chi connectivity index (χ4n) is 2.13. The fraction of sp³-hybridized carbons (Fsp3) is 0.0769. The van der Waals surface area contributed by atoms with Crippen molar-refractivity contribution in [2.45, 2.75) is 0 Å². The second kappa shape index (κ2) is 3.88. The molecular formula is C13H10N2O4. The van der Waals surface area contributed by atoms with Crippen LogP contribution in [-0.2, 0) is 9.59 Å². The second-order valence-electron chi connectivity index (χ2n) is 4.12. The first-order chi connectivity index (χ1) is 9.11. The number of methoxy groups -OCH3 is 1. The van der Waals surface area contributed by atoms with E-state index in [4.69, 9.17) is 4.74 Å². The Hall–Kier alpha value is -2.76. The van der Waals surface area contributed by atoms with Crippen molar-refractivity contribution >= 4 is 28.3 Å². The minimum Gasteiger partial charge on any atom is -0.502 e. The predicted octanol–water partition coefficient (Wildman–Crippen LogP) is 1.10. The topological polar surface area (TPSA) is 91.4 Å². The van der Waals surface area contributed by atoms with Gasteiger partial charge in [0.25, 0.3) is 11.8 Å². The standard InChI is InChI=1S/C13H10N2O4/c1-19-6-2-3-7-8(5-14-9(7)4-6)10-11(16)13(18)15-12(10)17/h2-5,14H,1H3,(H2,15,16,17,18). The normalized spacial score (nSPS) is 15.2. The maximum atomic E-state index is 11.7. The third-order valence-corrected chi connectivity index (χ3v) is 3.06. The average molecular weight is 258 g/mol. The molecule has 3 N–H and O–H groups in total. The molecule has 96 valence electrons. The highest BCUT2D eigenvalue weighted by Crippen LogP contribution is 2.31. The summed E-state index contributed by atoms with van der Waals surface area (Å²) in [5, 5.41) is 12.4. The number of aliphatic hydroxyl groups is 1. The van der Waals surface area contributed by atoms with Gasteiger partial charge in [0, 0.05) is 28.7 Å². The van der Waals surface area contributed by atoms with Crippen molar-refractivity contribution in [1.29, 1.82) is 0 Å². The molecule has 2 aromatic rings. The zero-order valence-corrected chi connectivity index (χ0v) is 9.98. The number of rotatable bonds is 2. The number of amides is 2. The van der Waals surface area contributed by atoms with Gasteiger partial charge in [0.15, 0.2) is 5.76 Å². The molecule has 0 fully saturated rings. The van der Waals surface area contributed by atoms with Gasteiger partial charge < -0.3 is 14.8 Å². The molecule has 0 spiro atoms. The summed E-state index contributed by atoms with van der Waals surface area (Å²) >= 11 is 0. The van der Waals surface area contributed by atoms with E-state index in [1.54, 1.807) is 31.5 Å². The van der Waals surface area contributed by atoms with Crippen molar-refractivity contribution < 1.29 is 19.4 Å². The van der Waals surface area contributed by atoms with Crippen LogP contribution >= 0.6 is 0 Å². The van der Waals surface area contributed by atoms with E-state index in [1.807, 2.05) is 0 Å². The number of carbonyl (C=O) groups is 2. The summed E-state index contributed by atoms with van der Waals surface area (Å²) in [6.07, 6.45) is 1.58. The van der Waals surface area contributed by atoms with Crippen LogP contribution in [0.25, 0.3) is 16.5 Å². The molecule has 19 heavy (non-hydrogen) atoms. The summed E-state index contributed by atoms with van der Waals surface area (Å²) < 4.78 is 5.10. The monoisotopic (exact) mass is 258 g/mol. The molecule has 6 heteroatoms. The van der Waals surface area contributed by atoms with Gasteiger partial charge in [0.2, 0.25) is 0 Å². The Kier molecular flexibility index (Phi) is 2.31. The van der Waals surface area contributed by atoms with Crippen LogP contribution in [0.4, 0.5) is 0 Å². The van der Waals surface area contributed by atoms with Crippen molar-refractivity contribution in [3.05, 3.63) is 35.7 Å². The Morgan fingerprint density at radius 2 is 2.00 bits per heavy atom. The Labute approximate surface area is 107 Å². The van der Waals surface area contributed by atoms with Gasteiger partial charge in [-0.05, 0) is 12.1 Å². The van der Waals surface area contributed by atoms with Crippen molar-refractivity contribution in [1.82, 2.24) is 10.3 Å². The molecule has 0 saturated carbocycles. The Morgan fingerprint density at radius 1 is 1.21 bits per heavy atom. The lowest BCUT2D eigenvalue weighted by Gasteiger charge is -2.01. The Morgan fingerprint density at radius 3 is 2.63 bits per heavy atom. The maximum absolute atomic E-state index is 11.7. The van der Waals surface area contributed by atoms with Crippen LogP contribution < -0.4 is 10.1 Å². The van der Waals surface area contributed by atoms with Crippen LogP contribution in [-0.4, -0.2) is 29.0 Å². The van der Waals surface area contributed by atoms with Gasteiger partial charge in [-0.25, -0.2) is 0 Å². The second-order valence-corrected chi connectivity index (χ2v) is 4.12. The summed E-state index contributed by atoms with van der Waals surface area (Å²) in [7, 11) is 1.56. The molecule has 0 bridgehead atoms. The number of benzene rings is 1. The number of ether oxygens (including phenoxy) is 1. The summed E-state index contributed by atoms with van der Waals surface area (Å²) in [6.45, 7) is 0. The number of fused-ring (bicyclic) bond motifs is 1. The Balaban J connectivity index is 2.22. The van der Waals surface area contributed by atoms with Crippen LogP contribution in [0, 0.1) is 0 Å². The number of imide groups is 1. The molecule has 0 atom stereocenters. The number of carbonyl (C=O) groups excluding carboxylic acids is 2. The van der Waals surface area contributed by atoms with Crippen LogP contribution in [0.1, 0.15) is 5.56 Å². The van der Waals surface area contributed by atoms with Crippen LogP contribution in [0.2, 0.25) is 0 Å². The molecule has 1 aliphatic heterocycles. The van der Waals surface area contributed by atoms with E-state index in [2.05, 4.69) is 10.3 Å². The first-order valence-electron chi connectivity index (χ1n) is 5.56. The highest BCUT2D eigenvalue weighted by molar-refractivity contribution is 6.36. The van der Waals surface area contributed by atoms with Gasteiger partial charge in [-0.1, -0.05) is 0 Å². The molecule has 0 radical (unpaired) electrons. The number of H-pyrrole nitrogens is 1. The molecule has 3 rings (SSSR count). The van der Waals surface area contributed by atoms with E-state index in [-0.39, 0.29) is 5.57 Å². The number of aliphatic hydroxyl groups excluding tert-OH is 1. The van der Waals surface area contributed by atoms with Crippen molar-refractivity contribution in [3.8, 4) is 5.75 Å². The van der Waals surface area contributed by atoms with E-state index in [0.29, 0.717) is 11.3 Å². The molecule has 6 nitrogen and oxygen atoms in total. The summed E-state index contributed by atoms with van der Waals surface area (Å²) in [4.78, 5) is 25.9. The lowest BCUT2D eigenvalue weighted by atomic mass is 10.0. The highest BCUT2D eigenvalue weighted by Gasteiger charge is 2.32. The molecule has 0 aliphatic carbocycles. The zero-order chi connectivity index (χ0) is 13.6. The molecule has 1 aromatic heterocycles. The van der Waals surface area contributed by atoms with Gasteiger partial charge in [-0.15, -0.1) is 0 Å². The average Bonchev–Trinajstić information content (AvgIpc) is 2.91. The van der Waals surface area contributed by atoms with Gasteiger partial charge in [0.1, 0.15) is 5.75 Å². The molecular weight excluding hydrogens is 248 g/mol. The maximum Gasteiger partial charge on any atom is 0.293 e. The van der Waals surface area contributed by atoms with E-state index in [0.717, 1.165) is 10.9 Å². The molecule has 0 saturated heterocycles. The quantitative estimate of drug-likeness (QED) is 0.703. The zero-order valence-electron chi connectivity index (χ0n) is 9.98. The first-order valence-corrected chi connectivity index (χ1v) is 5.56. The van der Waals surface area contributed by atoms with Crippen LogP contribution in [0.3, 0.4) is 0 Å². The van der Waals surface area contributed by atoms with Crippen molar-refractivity contribution in [2.75, 3.05) is 7.11 Å². The van der Waals surface area contributed by atoms with Gasteiger partial charge >= 0.3 is 0 Å². The van der Waals surface area contributed by atoms with E-state index in [9.17, 15) is 14.7 Å². The lowest BCUT2D eigenvalue weighted by molar-refractivity contribution is -0.124. The molecule has 0 unspecified atom stereocenters. The number of aromatic nitrogens is 1. The summed E-state index contributed by atoms with van der Waals surface area (Å²) in [5.41, 5.74) is 1.22. The minimum atomic E-state index is -0.775. The molecule has 2 heterocycles. The predicted molar refractivity (Wildman–Crippen MR) is 67.5 cm³/mol. The molecule has 2 amide bonds. The highest BCUT2D eigenvalue weighted by atomic mass is 16.5. The van der Waals surface area contributed by atoms with Crippen LogP contribution in [0.15, 0.2) is 30.2 Å².